The SMILES string of the molecule is CCN(C(=O)Cn1c(=O)n(C)c2ccccc21)C1CCCC1. The minimum atomic E-state index is -0.128. The van der Waals surface area contributed by atoms with Crippen molar-refractivity contribution in [3.63, 3.8) is 0 Å². The van der Waals surface area contributed by atoms with Crippen LogP contribution in [0.25, 0.3) is 11.0 Å². The molecule has 1 amide bonds. The van der Waals surface area contributed by atoms with E-state index in [4.69, 9.17) is 0 Å². The van der Waals surface area contributed by atoms with Crippen molar-refractivity contribution in [2.24, 2.45) is 7.05 Å². The predicted molar refractivity (Wildman–Crippen MR) is 86.8 cm³/mol. The molecule has 0 atom stereocenters. The highest BCUT2D eigenvalue weighted by Gasteiger charge is 2.26. The molecule has 22 heavy (non-hydrogen) atoms. The molecule has 1 heterocycles. The summed E-state index contributed by atoms with van der Waals surface area (Å²) in [6.07, 6.45) is 4.57. The van der Waals surface area contributed by atoms with Crippen molar-refractivity contribution in [1.29, 1.82) is 0 Å². The Hall–Kier alpha value is -2.04. The number of carbonyl (C=O) groups is 1. The number of aryl methyl sites for hydroxylation is 1. The van der Waals surface area contributed by atoms with Crippen LogP contribution in [0, 0.1) is 0 Å². The molecule has 0 saturated heterocycles. The number of para-hydroxylation sites is 2. The normalized spacial score (nSPS) is 15.5. The van der Waals surface area contributed by atoms with E-state index in [2.05, 4.69) is 0 Å². The zero-order valence-corrected chi connectivity index (χ0v) is 13.3. The van der Waals surface area contributed by atoms with E-state index in [1.165, 1.54) is 12.8 Å². The monoisotopic (exact) mass is 301 g/mol. The first-order valence-corrected chi connectivity index (χ1v) is 8.07. The van der Waals surface area contributed by atoms with Gasteiger partial charge in [-0.15, -0.1) is 0 Å². The first kappa shape index (κ1) is 14.9. The summed E-state index contributed by atoms with van der Waals surface area (Å²) in [7, 11) is 1.75. The molecule has 0 spiro atoms. The summed E-state index contributed by atoms with van der Waals surface area (Å²) >= 11 is 0. The summed E-state index contributed by atoms with van der Waals surface area (Å²) in [5, 5.41) is 0. The minimum absolute atomic E-state index is 0.0489. The molecule has 0 radical (unpaired) electrons. The Morgan fingerprint density at radius 3 is 2.50 bits per heavy atom. The molecule has 3 rings (SSSR count). The van der Waals surface area contributed by atoms with Gasteiger partial charge in [0.2, 0.25) is 5.91 Å². The molecule has 1 aromatic carbocycles. The number of aromatic nitrogens is 2. The topological polar surface area (TPSA) is 47.2 Å². The highest BCUT2D eigenvalue weighted by molar-refractivity contribution is 5.81. The molecular formula is C17H23N3O2. The fraction of sp³-hybridized carbons (Fsp3) is 0.529. The quantitative estimate of drug-likeness (QED) is 0.868. The summed E-state index contributed by atoms with van der Waals surface area (Å²) < 4.78 is 3.20. The summed E-state index contributed by atoms with van der Waals surface area (Å²) in [4.78, 5) is 27.0. The second kappa shape index (κ2) is 5.99. The standard InChI is InChI=1S/C17H23N3O2/c1-3-19(13-8-4-5-9-13)16(21)12-20-15-11-7-6-10-14(15)18(2)17(20)22/h6-7,10-11,13H,3-5,8-9,12H2,1-2H3. The number of fused-ring (bicyclic) bond motifs is 1. The number of nitrogens with zero attached hydrogens (tertiary/aromatic N) is 3. The Bertz CT molecular complexity index is 738. The maximum absolute atomic E-state index is 12.7. The molecule has 2 aromatic rings. The maximum Gasteiger partial charge on any atom is 0.329 e. The van der Waals surface area contributed by atoms with E-state index < -0.39 is 0 Å². The molecule has 0 N–H and O–H groups in total. The van der Waals surface area contributed by atoms with Crippen LogP contribution in [-0.4, -0.2) is 32.5 Å². The van der Waals surface area contributed by atoms with Crippen molar-refractivity contribution in [3.8, 4) is 0 Å². The third-order valence-corrected chi connectivity index (χ3v) is 4.77. The Labute approximate surface area is 130 Å². The fourth-order valence-corrected chi connectivity index (χ4v) is 3.60. The van der Waals surface area contributed by atoms with Gasteiger partial charge in [0.05, 0.1) is 11.0 Å². The van der Waals surface area contributed by atoms with Crippen LogP contribution in [0.2, 0.25) is 0 Å². The summed E-state index contributed by atoms with van der Waals surface area (Å²) in [6.45, 7) is 2.86. The Balaban J connectivity index is 1.91. The lowest BCUT2D eigenvalue weighted by atomic mass is 10.2. The van der Waals surface area contributed by atoms with Gasteiger partial charge in [-0.3, -0.25) is 13.9 Å². The zero-order valence-electron chi connectivity index (χ0n) is 13.3. The average Bonchev–Trinajstić information content (AvgIpc) is 3.12. The van der Waals surface area contributed by atoms with E-state index >= 15 is 0 Å². The third-order valence-electron chi connectivity index (χ3n) is 4.77. The lowest BCUT2D eigenvalue weighted by Crippen LogP contribution is -2.42. The van der Waals surface area contributed by atoms with Gasteiger partial charge >= 0.3 is 5.69 Å². The van der Waals surface area contributed by atoms with Crippen molar-refractivity contribution in [2.75, 3.05) is 6.54 Å². The number of hydrogen-bond acceptors (Lipinski definition) is 2. The summed E-state index contributed by atoms with van der Waals surface area (Å²) in [5.41, 5.74) is 1.56. The number of hydrogen-bond donors (Lipinski definition) is 0. The van der Waals surface area contributed by atoms with E-state index in [9.17, 15) is 9.59 Å². The van der Waals surface area contributed by atoms with Gasteiger partial charge in [0.1, 0.15) is 6.54 Å². The highest BCUT2D eigenvalue weighted by Crippen LogP contribution is 2.23. The predicted octanol–water partition coefficient (Wildman–Crippen LogP) is 2.13. The van der Waals surface area contributed by atoms with Crippen LogP contribution in [0.1, 0.15) is 32.6 Å². The molecule has 0 unspecified atom stereocenters. The number of amides is 1. The van der Waals surface area contributed by atoms with Crippen molar-refractivity contribution in [2.45, 2.75) is 45.2 Å². The van der Waals surface area contributed by atoms with Crippen molar-refractivity contribution in [3.05, 3.63) is 34.7 Å². The van der Waals surface area contributed by atoms with Crippen LogP contribution >= 0.6 is 0 Å². The first-order chi connectivity index (χ1) is 10.6. The summed E-state index contributed by atoms with van der Waals surface area (Å²) in [6, 6.07) is 7.97. The van der Waals surface area contributed by atoms with Gasteiger partial charge in [0.25, 0.3) is 0 Å². The number of carbonyl (C=O) groups excluding carboxylic acids is 1. The Morgan fingerprint density at radius 2 is 1.86 bits per heavy atom. The van der Waals surface area contributed by atoms with Crippen molar-refractivity contribution in [1.82, 2.24) is 14.0 Å². The van der Waals surface area contributed by atoms with Crippen molar-refractivity contribution < 1.29 is 4.79 Å². The van der Waals surface area contributed by atoms with Gasteiger partial charge in [0, 0.05) is 19.6 Å². The van der Waals surface area contributed by atoms with Gasteiger partial charge in [-0.25, -0.2) is 4.79 Å². The molecule has 5 nitrogen and oxygen atoms in total. The van der Waals surface area contributed by atoms with Crippen LogP contribution in [0.15, 0.2) is 29.1 Å². The smallest absolute Gasteiger partial charge is 0.329 e. The van der Waals surface area contributed by atoms with Crippen LogP contribution in [0.5, 0.6) is 0 Å². The van der Waals surface area contributed by atoms with Crippen LogP contribution < -0.4 is 5.69 Å². The van der Waals surface area contributed by atoms with Crippen LogP contribution in [0.4, 0.5) is 0 Å². The Kier molecular flexibility index (Phi) is 4.05. The van der Waals surface area contributed by atoms with Gasteiger partial charge in [-0.05, 0) is 31.9 Å². The van der Waals surface area contributed by atoms with E-state index in [1.54, 1.807) is 16.2 Å². The van der Waals surface area contributed by atoms with E-state index in [0.717, 1.165) is 23.9 Å². The van der Waals surface area contributed by atoms with Gasteiger partial charge in [-0.2, -0.15) is 0 Å². The molecule has 1 fully saturated rings. The van der Waals surface area contributed by atoms with E-state index in [0.29, 0.717) is 12.6 Å². The third kappa shape index (κ3) is 2.45. The molecule has 0 aliphatic heterocycles. The summed E-state index contributed by atoms with van der Waals surface area (Å²) in [5.74, 6) is 0.0489. The largest absolute Gasteiger partial charge is 0.338 e. The molecule has 1 aliphatic rings. The zero-order chi connectivity index (χ0) is 15.7. The molecular weight excluding hydrogens is 278 g/mol. The molecule has 5 heteroatoms. The number of imidazole rings is 1. The second-order valence-electron chi connectivity index (χ2n) is 6.03. The molecule has 0 bridgehead atoms. The van der Waals surface area contributed by atoms with Gasteiger partial charge < -0.3 is 4.90 Å². The average molecular weight is 301 g/mol. The van der Waals surface area contributed by atoms with E-state index in [-0.39, 0.29) is 18.1 Å². The molecule has 1 aromatic heterocycles. The van der Waals surface area contributed by atoms with Crippen LogP contribution in [-0.2, 0) is 18.4 Å². The van der Waals surface area contributed by atoms with E-state index in [1.807, 2.05) is 36.1 Å². The lowest BCUT2D eigenvalue weighted by Gasteiger charge is -2.27. The lowest BCUT2D eigenvalue weighted by molar-refractivity contribution is -0.133. The Morgan fingerprint density at radius 1 is 1.23 bits per heavy atom. The second-order valence-corrected chi connectivity index (χ2v) is 6.03. The minimum Gasteiger partial charge on any atom is -0.338 e. The molecule has 1 saturated carbocycles. The molecule has 118 valence electrons. The fourth-order valence-electron chi connectivity index (χ4n) is 3.60. The molecule has 1 aliphatic carbocycles. The van der Waals surface area contributed by atoms with Gasteiger partial charge in [0.15, 0.2) is 0 Å². The number of rotatable bonds is 4. The van der Waals surface area contributed by atoms with Crippen LogP contribution in [0.3, 0.4) is 0 Å². The first-order valence-electron chi connectivity index (χ1n) is 8.07. The maximum atomic E-state index is 12.7. The number of likely N-dealkylation sites (N-methyl/N-ethyl adjacent to an activating group) is 1. The van der Waals surface area contributed by atoms with Gasteiger partial charge in [-0.1, -0.05) is 25.0 Å². The highest BCUT2D eigenvalue weighted by atomic mass is 16.2. The number of benzene rings is 1. The van der Waals surface area contributed by atoms with Crippen molar-refractivity contribution >= 4 is 16.9 Å².